The van der Waals surface area contributed by atoms with Crippen LogP contribution in [0.1, 0.15) is 12.8 Å². The predicted molar refractivity (Wildman–Crippen MR) is 84.0 cm³/mol. The molecule has 110 valence electrons. The molecule has 0 bridgehead atoms. The van der Waals surface area contributed by atoms with Crippen molar-refractivity contribution in [3.05, 3.63) is 36.5 Å². The van der Waals surface area contributed by atoms with Crippen molar-refractivity contribution in [2.75, 3.05) is 25.0 Å². The number of aromatic nitrogens is 1. The molecule has 1 saturated heterocycles. The van der Waals surface area contributed by atoms with Crippen molar-refractivity contribution in [3.8, 4) is 0 Å². The Kier molecular flexibility index (Phi) is 4.13. The van der Waals surface area contributed by atoms with E-state index in [1.54, 1.807) is 6.20 Å². The zero-order valence-electron chi connectivity index (χ0n) is 12.0. The molecule has 21 heavy (non-hydrogen) atoms. The van der Waals surface area contributed by atoms with Gasteiger partial charge >= 0.3 is 0 Å². The van der Waals surface area contributed by atoms with Gasteiger partial charge in [-0.25, -0.2) is 0 Å². The van der Waals surface area contributed by atoms with Crippen molar-refractivity contribution in [2.45, 2.75) is 18.9 Å². The third-order valence-corrected chi connectivity index (χ3v) is 3.87. The summed E-state index contributed by atoms with van der Waals surface area (Å²) in [5.41, 5.74) is 7.54. The number of anilines is 1. The van der Waals surface area contributed by atoms with Crippen molar-refractivity contribution in [2.24, 2.45) is 5.73 Å². The smallest absolute Gasteiger partial charge is 0.238 e. The van der Waals surface area contributed by atoms with Gasteiger partial charge in [-0.05, 0) is 25.0 Å². The van der Waals surface area contributed by atoms with Crippen LogP contribution in [0.5, 0.6) is 0 Å². The second-order valence-corrected chi connectivity index (χ2v) is 5.58. The fourth-order valence-electron chi connectivity index (χ4n) is 2.65. The number of carbonyl (C=O) groups is 1. The number of amides is 1. The highest BCUT2D eigenvalue weighted by molar-refractivity contribution is 5.94. The normalized spacial score (nSPS) is 17.0. The summed E-state index contributed by atoms with van der Waals surface area (Å²) in [6.07, 6.45) is 3.63. The maximum absolute atomic E-state index is 12.1. The zero-order valence-corrected chi connectivity index (χ0v) is 12.0. The van der Waals surface area contributed by atoms with E-state index in [-0.39, 0.29) is 11.9 Å². The third kappa shape index (κ3) is 3.56. The number of fused-ring (bicyclic) bond motifs is 1. The average molecular weight is 284 g/mol. The number of likely N-dealkylation sites (tertiary alicyclic amines) is 1. The maximum Gasteiger partial charge on any atom is 0.238 e. The van der Waals surface area contributed by atoms with Gasteiger partial charge in [-0.2, -0.15) is 0 Å². The minimum Gasteiger partial charge on any atom is -0.328 e. The van der Waals surface area contributed by atoms with Gasteiger partial charge in [0.25, 0.3) is 0 Å². The molecule has 2 heterocycles. The summed E-state index contributed by atoms with van der Waals surface area (Å²) < 4.78 is 0. The number of nitrogens with zero attached hydrogens (tertiary/aromatic N) is 2. The number of nitrogens with two attached hydrogens (primary N) is 1. The lowest BCUT2D eigenvalue weighted by Gasteiger charge is -2.29. The van der Waals surface area contributed by atoms with Crippen molar-refractivity contribution in [1.82, 2.24) is 9.88 Å². The lowest BCUT2D eigenvalue weighted by molar-refractivity contribution is -0.117. The van der Waals surface area contributed by atoms with Gasteiger partial charge in [0.2, 0.25) is 5.91 Å². The number of hydrogen-bond acceptors (Lipinski definition) is 4. The van der Waals surface area contributed by atoms with Crippen LogP contribution in [0.2, 0.25) is 0 Å². The molecule has 0 aliphatic carbocycles. The van der Waals surface area contributed by atoms with E-state index in [2.05, 4.69) is 15.2 Å². The fourth-order valence-corrected chi connectivity index (χ4v) is 2.65. The monoisotopic (exact) mass is 284 g/mol. The highest BCUT2D eigenvalue weighted by Gasteiger charge is 2.18. The minimum atomic E-state index is 0.00236. The molecular formula is C16H20N4O. The number of para-hydroxylation sites is 1. The standard InChI is InChI=1S/C16H20N4O/c17-13-5-7-20(8-6-13)11-16(21)19-14-9-12-3-1-2-4-15(12)18-10-14/h1-4,9-10,13H,5-8,11,17H2,(H,19,21). The second-order valence-electron chi connectivity index (χ2n) is 5.58. The van der Waals surface area contributed by atoms with Crippen LogP contribution in [0.3, 0.4) is 0 Å². The number of carbonyl (C=O) groups excluding carboxylic acids is 1. The Bertz CT molecular complexity index is 635. The molecule has 1 aliphatic rings. The van der Waals surface area contributed by atoms with E-state index in [1.807, 2.05) is 30.3 Å². The Labute approximate surface area is 124 Å². The first kappa shape index (κ1) is 14.0. The minimum absolute atomic E-state index is 0.00236. The lowest BCUT2D eigenvalue weighted by Crippen LogP contribution is -2.43. The highest BCUT2D eigenvalue weighted by atomic mass is 16.2. The summed E-state index contributed by atoms with van der Waals surface area (Å²) in [5, 5.41) is 3.95. The molecule has 1 fully saturated rings. The average Bonchev–Trinajstić information content (AvgIpc) is 2.49. The summed E-state index contributed by atoms with van der Waals surface area (Å²) in [5.74, 6) is 0.00236. The van der Waals surface area contributed by atoms with E-state index in [4.69, 9.17) is 5.73 Å². The molecular weight excluding hydrogens is 264 g/mol. The van der Waals surface area contributed by atoms with Gasteiger partial charge in [-0.1, -0.05) is 18.2 Å². The first-order chi connectivity index (χ1) is 10.2. The fraction of sp³-hybridized carbons (Fsp3) is 0.375. The maximum atomic E-state index is 12.1. The Morgan fingerprint density at radius 3 is 2.90 bits per heavy atom. The van der Waals surface area contributed by atoms with Crippen LogP contribution in [0.15, 0.2) is 36.5 Å². The molecule has 3 rings (SSSR count). The molecule has 1 aromatic carbocycles. The number of hydrogen-bond donors (Lipinski definition) is 2. The predicted octanol–water partition coefficient (Wildman–Crippen LogP) is 1.60. The van der Waals surface area contributed by atoms with Crippen LogP contribution in [0, 0.1) is 0 Å². The summed E-state index contributed by atoms with van der Waals surface area (Å²) in [4.78, 5) is 18.6. The first-order valence-electron chi connectivity index (χ1n) is 7.33. The van der Waals surface area contributed by atoms with E-state index in [0.29, 0.717) is 6.54 Å². The van der Waals surface area contributed by atoms with Crippen LogP contribution < -0.4 is 11.1 Å². The van der Waals surface area contributed by atoms with Gasteiger partial charge in [0.15, 0.2) is 0 Å². The number of rotatable bonds is 3. The summed E-state index contributed by atoms with van der Waals surface area (Å²) in [6.45, 7) is 2.20. The topological polar surface area (TPSA) is 71.2 Å². The quantitative estimate of drug-likeness (QED) is 0.898. The molecule has 0 unspecified atom stereocenters. The largest absolute Gasteiger partial charge is 0.328 e. The second kappa shape index (κ2) is 6.20. The molecule has 1 aromatic heterocycles. The summed E-state index contributed by atoms with van der Waals surface area (Å²) in [6, 6.07) is 10.1. The van der Waals surface area contributed by atoms with Crippen LogP contribution >= 0.6 is 0 Å². The molecule has 3 N–H and O–H groups in total. The van der Waals surface area contributed by atoms with E-state index in [0.717, 1.165) is 42.5 Å². The van der Waals surface area contributed by atoms with E-state index < -0.39 is 0 Å². The molecule has 0 saturated carbocycles. The van der Waals surface area contributed by atoms with Crippen molar-refractivity contribution in [3.63, 3.8) is 0 Å². The van der Waals surface area contributed by atoms with Crippen LogP contribution in [0.4, 0.5) is 5.69 Å². The Balaban J connectivity index is 1.60. The van der Waals surface area contributed by atoms with Gasteiger partial charge in [0.1, 0.15) is 0 Å². The Morgan fingerprint density at radius 1 is 1.33 bits per heavy atom. The van der Waals surface area contributed by atoms with Gasteiger partial charge in [0, 0.05) is 24.5 Å². The van der Waals surface area contributed by atoms with Crippen LogP contribution in [-0.2, 0) is 4.79 Å². The molecule has 1 aliphatic heterocycles. The van der Waals surface area contributed by atoms with Crippen molar-refractivity contribution in [1.29, 1.82) is 0 Å². The van der Waals surface area contributed by atoms with E-state index in [9.17, 15) is 4.79 Å². The van der Waals surface area contributed by atoms with Gasteiger partial charge in [-0.3, -0.25) is 14.7 Å². The molecule has 0 radical (unpaired) electrons. The SMILES string of the molecule is NC1CCN(CC(=O)Nc2cnc3ccccc3c2)CC1. The number of pyridine rings is 1. The molecule has 0 spiro atoms. The van der Waals surface area contributed by atoms with Crippen LogP contribution in [-0.4, -0.2) is 41.5 Å². The molecule has 2 aromatic rings. The Morgan fingerprint density at radius 2 is 2.10 bits per heavy atom. The Hall–Kier alpha value is -1.98. The van der Waals surface area contributed by atoms with Gasteiger partial charge < -0.3 is 11.1 Å². The van der Waals surface area contributed by atoms with Gasteiger partial charge in [0.05, 0.1) is 23.9 Å². The number of benzene rings is 1. The van der Waals surface area contributed by atoms with Gasteiger partial charge in [-0.15, -0.1) is 0 Å². The van der Waals surface area contributed by atoms with E-state index in [1.165, 1.54) is 0 Å². The van der Waals surface area contributed by atoms with Crippen LogP contribution in [0.25, 0.3) is 10.9 Å². The van der Waals surface area contributed by atoms with Crippen molar-refractivity contribution < 1.29 is 4.79 Å². The first-order valence-corrected chi connectivity index (χ1v) is 7.33. The number of piperidine rings is 1. The number of nitrogens with one attached hydrogen (secondary N) is 1. The van der Waals surface area contributed by atoms with E-state index >= 15 is 0 Å². The molecule has 5 nitrogen and oxygen atoms in total. The van der Waals surface area contributed by atoms with Crippen molar-refractivity contribution >= 4 is 22.5 Å². The lowest BCUT2D eigenvalue weighted by atomic mass is 10.1. The zero-order chi connectivity index (χ0) is 14.7. The molecule has 0 atom stereocenters. The summed E-state index contributed by atoms with van der Waals surface area (Å²) in [7, 11) is 0. The molecule has 5 heteroatoms. The molecule has 1 amide bonds. The summed E-state index contributed by atoms with van der Waals surface area (Å²) >= 11 is 0. The third-order valence-electron chi connectivity index (χ3n) is 3.87. The highest BCUT2D eigenvalue weighted by Crippen LogP contribution is 2.16.